The molecule has 21 heavy (non-hydrogen) atoms. The van der Waals surface area contributed by atoms with Crippen LogP contribution in [-0.2, 0) is 19.0 Å². The van der Waals surface area contributed by atoms with Crippen LogP contribution in [0.15, 0.2) is 0 Å². The summed E-state index contributed by atoms with van der Waals surface area (Å²) in [5, 5.41) is 2.42. The van der Waals surface area contributed by atoms with Gasteiger partial charge in [-0.1, -0.05) is 11.9 Å². The fourth-order valence-corrected chi connectivity index (χ4v) is 1.63. The molecule has 0 spiro atoms. The molecule has 0 aromatic carbocycles. The number of nitrogens with one attached hydrogen (secondary N) is 2. The van der Waals surface area contributed by atoms with Gasteiger partial charge in [0.15, 0.2) is 0 Å². The lowest BCUT2D eigenvalue weighted by atomic mass is 10.2. The van der Waals surface area contributed by atoms with Crippen molar-refractivity contribution in [1.82, 2.24) is 10.0 Å². The number of rotatable bonds is 14. The Morgan fingerprint density at radius 1 is 1.19 bits per heavy atom. The summed E-state index contributed by atoms with van der Waals surface area (Å²) in [6.45, 7) is 6.12. The lowest BCUT2D eigenvalue weighted by Crippen LogP contribution is -2.35. The molecule has 0 heterocycles. The fourth-order valence-electron chi connectivity index (χ4n) is 1.34. The smallest absolute Gasteiger partial charge is 0.216 e. The molecule has 1 amide bonds. The molecule has 0 aliphatic rings. The minimum atomic E-state index is -1.22. The maximum absolute atomic E-state index is 13.5. The van der Waals surface area contributed by atoms with E-state index in [9.17, 15) is 9.18 Å². The standard InChI is InChI=1S/C13H27FN2O4S/c1-11(13(14)10-15-12(2)17)20-9-8-19-7-6-18-5-4-16-21-3/h11,13,16H,4-10H2,1-3H3,(H,15,17). The highest BCUT2D eigenvalue weighted by Gasteiger charge is 2.16. The molecular weight excluding hydrogens is 299 g/mol. The molecule has 0 saturated heterocycles. The molecule has 0 aliphatic heterocycles. The minimum Gasteiger partial charge on any atom is -0.378 e. The van der Waals surface area contributed by atoms with Gasteiger partial charge in [0, 0.05) is 13.5 Å². The SMILES string of the molecule is CSNCCOCCOCCOC(C)C(F)CNC(C)=O. The van der Waals surface area contributed by atoms with E-state index in [1.54, 1.807) is 18.9 Å². The molecule has 0 aromatic heterocycles. The Kier molecular flexibility index (Phi) is 14.2. The van der Waals surface area contributed by atoms with Crippen molar-refractivity contribution in [2.75, 3.05) is 52.4 Å². The summed E-state index contributed by atoms with van der Waals surface area (Å²) in [5.74, 6) is -0.249. The molecular formula is C13H27FN2O4S. The van der Waals surface area contributed by atoms with E-state index in [1.807, 2.05) is 6.26 Å². The molecule has 0 aliphatic carbocycles. The maximum atomic E-state index is 13.5. The zero-order chi connectivity index (χ0) is 15.9. The van der Waals surface area contributed by atoms with Gasteiger partial charge >= 0.3 is 0 Å². The number of halogens is 1. The average Bonchev–Trinajstić information content (AvgIpc) is 2.46. The third-order valence-corrected chi connectivity index (χ3v) is 3.02. The molecule has 2 N–H and O–H groups in total. The van der Waals surface area contributed by atoms with E-state index >= 15 is 0 Å². The lowest BCUT2D eigenvalue weighted by molar-refractivity contribution is -0.119. The van der Waals surface area contributed by atoms with Gasteiger partial charge in [-0.05, 0) is 13.2 Å². The molecule has 126 valence electrons. The number of carbonyl (C=O) groups is 1. The zero-order valence-corrected chi connectivity index (χ0v) is 13.8. The first-order chi connectivity index (χ1) is 10.1. The van der Waals surface area contributed by atoms with Crippen molar-refractivity contribution in [3.8, 4) is 0 Å². The first-order valence-electron chi connectivity index (χ1n) is 6.99. The van der Waals surface area contributed by atoms with Gasteiger partial charge < -0.3 is 19.5 Å². The Morgan fingerprint density at radius 3 is 2.43 bits per heavy atom. The summed E-state index contributed by atoms with van der Waals surface area (Å²) in [6.07, 6.45) is 0.165. The third kappa shape index (κ3) is 14.3. The first-order valence-corrected chi connectivity index (χ1v) is 8.21. The number of hydrogen-bond donors (Lipinski definition) is 2. The number of carbonyl (C=O) groups excluding carboxylic acids is 1. The highest BCUT2D eigenvalue weighted by molar-refractivity contribution is 7.96. The summed E-state index contributed by atoms with van der Waals surface area (Å²) in [6, 6.07) is 0. The summed E-state index contributed by atoms with van der Waals surface area (Å²) in [7, 11) is 0. The Balaban J connectivity index is 3.31. The highest BCUT2D eigenvalue weighted by atomic mass is 32.2. The van der Waals surface area contributed by atoms with Gasteiger partial charge in [0.05, 0.1) is 45.7 Å². The van der Waals surface area contributed by atoms with Crippen LogP contribution in [-0.4, -0.2) is 70.6 Å². The first kappa shape index (κ1) is 20.6. The van der Waals surface area contributed by atoms with Crippen molar-refractivity contribution in [2.24, 2.45) is 0 Å². The monoisotopic (exact) mass is 326 g/mol. The van der Waals surface area contributed by atoms with Crippen LogP contribution < -0.4 is 10.0 Å². The van der Waals surface area contributed by atoms with Crippen molar-refractivity contribution in [1.29, 1.82) is 0 Å². The van der Waals surface area contributed by atoms with E-state index in [0.29, 0.717) is 33.0 Å². The molecule has 0 fully saturated rings. The van der Waals surface area contributed by atoms with Crippen LogP contribution in [0.4, 0.5) is 4.39 Å². The topological polar surface area (TPSA) is 68.8 Å². The molecule has 2 unspecified atom stereocenters. The Bertz CT molecular complexity index is 262. The summed E-state index contributed by atoms with van der Waals surface area (Å²) >= 11 is 1.55. The van der Waals surface area contributed by atoms with E-state index in [-0.39, 0.29) is 12.5 Å². The second kappa shape index (κ2) is 14.5. The van der Waals surface area contributed by atoms with Crippen molar-refractivity contribution in [3.63, 3.8) is 0 Å². The minimum absolute atomic E-state index is 0.0325. The van der Waals surface area contributed by atoms with E-state index in [4.69, 9.17) is 14.2 Å². The molecule has 0 radical (unpaired) electrons. The molecule has 6 nitrogen and oxygen atoms in total. The van der Waals surface area contributed by atoms with Gasteiger partial charge in [-0.15, -0.1) is 0 Å². The van der Waals surface area contributed by atoms with Crippen molar-refractivity contribution in [3.05, 3.63) is 0 Å². The molecule has 0 rings (SSSR count). The highest BCUT2D eigenvalue weighted by Crippen LogP contribution is 2.02. The number of alkyl halides is 1. The molecule has 0 saturated carbocycles. The normalized spacial score (nSPS) is 13.9. The Labute approximate surface area is 130 Å². The van der Waals surface area contributed by atoms with Crippen LogP contribution >= 0.6 is 11.9 Å². The van der Waals surface area contributed by atoms with Crippen LogP contribution in [0.3, 0.4) is 0 Å². The number of amides is 1. The summed E-state index contributed by atoms with van der Waals surface area (Å²) in [4.78, 5) is 10.7. The van der Waals surface area contributed by atoms with Gasteiger partial charge in [-0.25, -0.2) is 4.39 Å². The van der Waals surface area contributed by atoms with E-state index in [2.05, 4.69) is 10.0 Å². The predicted molar refractivity (Wildman–Crippen MR) is 82.1 cm³/mol. The summed E-state index contributed by atoms with van der Waals surface area (Å²) in [5.41, 5.74) is 0. The number of hydrogen-bond acceptors (Lipinski definition) is 6. The second-order valence-corrected chi connectivity index (χ2v) is 5.05. The van der Waals surface area contributed by atoms with E-state index in [0.717, 1.165) is 6.54 Å². The van der Waals surface area contributed by atoms with Crippen LogP contribution in [0.1, 0.15) is 13.8 Å². The quantitative estimate of drug-likeness (QED) is 0.363. The molecule has 0 aromatic rings. The largest absolute Gasteiger partial charge is 0.378 e. The van der Waals surface area contributed by atoms with Gasteiger partial charge in [-0.3, -0.25) is 9.52 Å². The van der Waals surface area contributed by atoms with Crippen molar-refractivity contribution >= 4 is 17.9 Å². The second-order valence-electron chi connectivity index (χ2n) is 4.35. The number of ether oxygens (including phenoxy) is 3. The lowest BCUT2D eigenvalue weighted by Gasteiger charge is -2.17. The van der Waals surface area contributed by atoms with Gasteiger partial charge in [0.2, 0.25) is 5.91 Å². The molecule has 2 atom stereocenters. The van der Waals surface area contributed by atoms with E-state index < -0.39 is 12.3 Å². The van der Waals surface area contributed by atoms with Crippen molar-refractivity contribution in [2.45, 2.75) is 26.1 Å². The average molecular weight is 326 g/mol. The van der Waals surface area contributed by atoms with Gasteiger partial charge in [-0.2, -0.15) is 0 Å². The maximum Gasteiger partial charge on any atom is 0.216 e. The van der Waals surface area contributed by atoms with Crippen LogP contribution in [0, 0.1) is 0 Å². The summed E-state index contributed by atoms with van der Waals surface area (Å²) < 4.78 is 32.5. The van der Waals surface area contributed by atoms with Gasteiger partial charge in [0.25, 0.3) is 0 Å². The zero-order valence-electron chi connectivity index (χ0n) is 13.0. The molecule has 8 heteroatoms. The third-order valence-electron chi connectivity index (χ3n) is 2.53. The van der Waals surface area contributed by atoms with E-state index in [1.165, 1.54) is 6.92 Å². The molecule has 0 bridgehead atoms. The Hall–Kier alpha value is -0.410. The van der Waals surface area contributed by atoms with Crippen LogP contribution in [0.2, 0.25) is 0 Å². The van der Waals surface area contributed by atoms with Crippen LogP contribution in [0.25, 0.3) is 0 Å². The van der Waals surface area contributed by atoms with Gasteiger partial charge in [0.1, 0.15) is 6.17 Å². The van der Waals surface area contributed by atoms with Crippen LogP contribution in [0.5, 0.6) is 0 Å². The van der Waals surface area contributed by atoms with Crippen molar-refractivity contribution < 1.29 is 23.4 Å². The fraction of sp³-hybridized carbons (Fsp3) is 0.923. The Morgan fingerprint density at radius 2 is 1.81 bits per heavy atom. The predicted octanol–water partition coefficient (Wildman–Crippen LogP) is 0.767.